The lowest BCUT2D eigenvalue weighted by molar-refractivity contribution is 0.586. The van der Waals surface area contributed by atoms with Crippen LogP contribution in [0.2, 0.25) is 0 Å². The summed E-state index contributed by atoms with van der Waals surface area (Å²) in [7, 11) is 0. The zero-order valence-electron chi connectivity index (χ0n) is 34.4. The van der Waals surface area contributed by atoms with E-state index in [0.29, 0.717) is 25.3 Å². The number of hydrogen-bond acceptors (Lipinski definition) is 7. The van der Waals surface area contributed by atoms with Crippen molar-refractivity contribution in [3.8, 4) is 0 Å². The largest absolute Gasteiger partial charge is 0.399 e. The van der Waals surface area contributed by atoms with Crippen molar-refractivity contribution in [2.45, 2.75) is 106 Å². The minimum atomic E-state index is 0.225. The van der Waals surface area contributed by atoms with Gasteiger partial charge < -0.3 is 25.5 Å². The number of benzene rings is 2. The summed E-state index contributed by atoms with van der Waals surface area (Å²) in [6.07, 6.45) is 10.2. The summed E-state index contributed by atoms with van der Waals surface area (Å²) in [5, 5.41) is 16.6. The number of nitrogens with two attached hydrogens (primary N) is 1. The van der Waals surface area contributed by atoms with Crippen molar-refractivity contribution in [2.75, 3.05) is 17.2 Å². The molecular weight excluding hydrogens is 695 g/mol. The van der Waals surface area contributed by atoms with Gasteiger partial charge in [-0.2, -0.15) is 10.2 Å². The Morgan fingerprint density at radius 2 is 1.38 bits per heavy atom. The maximum atomic E-state index is 6.24. The fourth-order valence-corrected chi connectivity index (χ4v) is 7.70. The van der Waals surface area contributed by atoms with Crippen LogP contribution in [0.1, 0.15) is 98.4 Å². The lowest BCUT2D eigenvalue weighted by Crippen LogP contribution is -2.16. The number of anilines is 2. The van der Waals surface area contributed by atoms with Crippen LogP contribution in [0, 0.1) is 13.8 Å². The van der Waals surface area contributed by atoms with Gasteiger partial charge in [0, 0.05) is 50.0 Å². The molecule has 0 radical (unpaired) electrons. The Morgan fingerprint density at radius 1 is 0.786 bits per heavy atom. The average molecular weight is 754 g/mol. The van der Waals surface area contributed by atoms with Crippen LogP contribution in [0.4, 0.5) is 11.9 Å². The van der Waals surface area contributed by atoms with E-state index in [-0.39, 0.29) is 5.92 Å². The third-order valence-corrected chi connectivity index (χ3v) is 10.3. The van der Waals surface area contributed by atoms with E-state index in [1.54, 1.807) is 0 Å². The number of allylic oxidation sites excluding steroid dienone is 2. The Hall–Kier alpha value is -5.84. The number of nitrogens with zero attached hydrogens (tertiary/aromatic N) is 8. The minimum Gasteiger partial charge on any atom is -0.399 e. The lowest BCUT2D eigenvalue weighted by Gasteiger charge is -2.16. The van der Waals surface area contributed by atoms with E-state index in [1.807, 2.05) is 24.6 Å². The highest BCUT2D eigenvalue weighted by molar-refractivity contribution is 5.87. The molecule has 0 fully saturated rings. The Labute approximate surface area is 331 Å². The van der Waals surface area contributed by atoms with Crippen LogP contribution in [-0.2, 0) is 39.0 Å². The molecule has 4 heterocycles. The first kappa shape index (κ1) is 39.8. The molecular formula is C45H59N11. The molecule has 11 nitrogen and oxygen atoms in total. The van der Waals surface area contributed by atoms with E-state index in [2.05, 4.69) is 132 Å². The van der Waals surface area contributed by atoms with E-state index < -0.39 is 0 Å². The third-order valence-electron chi connectivity index (χ3n) is 10.3. The molecule has 294 valence electrons. The fourth-order valence-electron chi connectivity index (χ4n) is 7.70. The molecule has 4 N–H and O–H groups in total. The fraction of sp³-hybridized carbons (Fsp3) is 0.378. The number of aromatic nitrogens is 8. The van der Waals surface area contributed by atoms with Gasteiger partial charge in [0.1, 0.15) is 0 Å². The topological polar surface area (TPSA) is 121 Å². The van der Waals surface area contributed by atoms with Crippen molar-refractivity contribution in [1.82, 2.24) is 38.7 Å². The van der Waals surface area contributed by atoms with Crippen LogP contribution in [0.5, 0.6) is 0 Å². The normalized spacial score (nSPS) is 12.3. The van der Waals surface area contributed by atoms with Crippen LogP contribution < -0.4 is 16.4 Å². The quantitative estimate of drug-likeness (QED) is 0.0705. The smallest absolute Gasteiger partial charge is 0.208 e. The van der Waals surface area contributed by atoms with Crippen LogP contribution in [-0.4, -0.2) is 45.2 Å². The summed E-state index contributed by atoms with van der Waals surface area (Å²) in [6.45, 7) is 31.0. The molecule has 1 unspecified atom stereocenters. The molecule has 0 spiro atoms. The van der Waals surface area contributed by atoms with Gasteiger partial charge in [0.2, 0.25) is 11.9 Å². The third kappa shape index (κ3) is 8.22. The van der Waals surface area contributed by atoms with Gasteiger partial charge in [-0.15, -0.1) is 0 Å². The SMILES string of the molecule is C=Cc1cc(CCC)c2c(c1)nc(NC(=C)c1cc(C)nn1CC)n2C/C=C/Cn1c(NCC(C)c2cc(C)nn2CC)nc2cc(C(=C)N)cc(CCC)c21. The predicted molar refractivity (Wildman–Crippen MR) is 235 cm³/mol. The molecule has 6 rings (SSSR count). The van der Waals surface area contributed by atoms with Gasteiger partial charge >= 0.3 is 0 Å². The van der Waals surface area contributed by atoms with E-state index >= 15 is 0 Å². The summed E-state index contributed by atoms with van der Waals surface area (Å²) >= 11 is 0. The van der Waals surface area contributed by atoms with E-state index in [1.165, 1.54) is 16.8 Å². The minimum absolute atomic E-state index is 0.225. The van der Waals surface area contributed by atoms with Crippen LogP contribution in [0.3, 0.4) is 0 Å². The molecule has 6 aromatic rings. The van der Waals surface area contributed by atoms with Crippen molar-refractivity contribution >= 4 is 51.4 Å². The summed E-state index contributed by atoms with van der Waals surface area (Å²) in [5.74, 6) is 1.79. The molecule has 0 amide bonds. The van der Waals surface area contributed by atoms with Crippen LogP contribution >= 0.6 is 0 Å². The standard InChI is InChI=1S/C45H59N11/c1-11-18-35-24-34(13-3)25-38-42(35)54(45(50-38)48-33(10)41-23-31(8)52-56(41)15-5)21-17-16-20-53-43-36(19-12-2)26-37(32(9)46)27-39(43)49-44(53)47-28-29(6)40-22-30(7)51-55(40)14-4/h13,16-17,22-27,29H,3,9-12,14-15,18-21,28,46H2,1-2,4-8H3,(H,47,49)(H,48,50)/b17-16+. The molecule has 0 aliphatic heterocycles. The van der Waals surface area contributed by atoms with Gasteiger partial charge in [-0.3, -0.25) is 9.36 Å². The second-order valence-electron chi connectivity index (χ2n) is 14.7. The Balaban J connectivity index is 1.37. The summed E-state index contributed by atoms with van der Waals surface area (Å²) in [6, 6.07) is 12.8. The Morgan fingerprint density at radius 3 is 2.00 bits per heavy atom. The molecule has 2 aromatic carbocycles. The maximum absolute atomic E-state index is 6.24. The van der Waals surface area contributed by atoms with E-state index in [9.17, 15) is 0 Å². The highest BCUT2D eigenvalue weighted by atomic mass is 15.3. The molecule has 0 aliphatic carbocycles. The zero-order valence-corrected chi connectivity index (χ0v) is 34.4. The first-order chi connectivity index (χ1) is 27.0. The molecule has 11 heteroatoms. The van der Waals surface area contributed by atoms with Gasteiger partial charge in [-0.25, -0.2) is 9.97 Å². The highest BCUT2D eigenvalue weighted by Crippen LogP contribution is 2.31. The van der Waals surface area contributed by atoms with Crippen molar-refractivity contribution in [2.24, 2.45) is 5.73 Å². The Bertz CT molecular complexity index is 2410. The summed E-state index contributed by atoms with van der Waals surface area (Å²) in [5.41, 5.74) is 20.2. The van der Waals surface area contributed by atoms with Crippen LogP contribution in [0.15, 0.2) is 68.3 Å². The monoisotopic (exact) mass is 753 g/mol. The van der Waals surface area contributed by atoms with E-state index in [0.717, 1.165) is 107 Å². The molecule has 0 saturated carbocycles. The number of fused-ring (bicyclic) bond motifs is 2. The summed E-state index contributed by atoms with van der Waals surface area (Å²) < 4.78 is 8.63. The number of imidazole rings is 2. The van der Waals surface area contributed by atoms with Gasteiger partial charge in [0.15, 0.2) is 0 Å². The molecule has 1 atom stereocenters. The molecule has 56 heavy (non-hydrogen) atoms. The van der Waals surface area contributed by atoms with E-state index in [4.69, 9.17) is 20.8 Å². The van der Waals surface area contributed by atoms with Crippen molar-refractivity contribution in [3.05, 3.63) is 113 Å². The highest BCUT2D eigenvalue weighted by Gasteiger charge is 2.20. The van der Waals surface area contributed by atoms with Gasteiger partial charge in [-0.1, -0.05) is 71.6 Å². The van der Waals surface area contributed by atoms with Crippen molar-refractivity contribution < 1.29 is 0 Å². The molecule has 0 aliphatic rings. The second kappa shape index (κ2) is 17.3. The maximum Gasteiger partial charge on any atom is 0.208 e. The lowest BCUT2D eigenvalue weighted by atomic mass is 10.0. The number of hydrogen-bond donors (Lipinski definition) is 3. The predicted octanol–water partition coefficient (Wildman–Crippen LogP) is 9.47. The molecule has 0 bridgehead atoms. The van der Waals surface area contributed by atoms with Gasteiger partial charge in [0.25, 0.3) is 0 Å². The molecule has 0 saturated heterocycles. The van der Waals surface area contributed by atoms with Crippen molar-refractivity contribution in [1.29, 1.82) is 0 Å². The second-order valence-corrected chi connectivity index (χ2v) is 14.7. The first-order valence-electron chi connectivity index (χ1n) is 20.1. The first-order valence-corrected chi connectivity index (χ1v) is 20.1. The van der Waals surface area contributed by atoms with Crippen LogP contribution in [0.25, 0.3) is 39.5 Å². The number of aryl methyl sites for hydroxylation is 6. The summed E-state index contributed by atoms with van der Waals surface area (Å²) in [4.78, 5) is 10.3. The van der Waals surface area contributed by atoms with Crippen molar-refractivity contribution in [3.63, 3.8) is 0 Å². The number of nitrogens with one attached hydrogen (secondary N) is 2. The average Bonchev–Trinajstić information content (AvgIpc) is 3.94. The van der Waals surface area contributed by atoms with Gasteiger partial charge in [0.05, 0.1) is 44.8 Å². The number of rotatable bonds is 19. The zero-order chi connectivity index (χ0) is 40.1. The van der Waals surface area contributed by atoms with Gasteiger partial charge in [-0.05, 0) is 99.2 Å². The molecule has 4 aromatic heterocycles. The Kier molecular flexibility index (Phi) is 12.3.